The zero-order chi connectivity index (χ0) is 14.5. The van der Waals surface area contributed by atoms with Crippen molar-refractivity contribution in [3.63, 3.8) is 0 Å². The van der Waals surface area contributed by atoms with Crippen LogP contribution >= 0.6 is 0 Å². The third kappa shape index (κ3) is 5.19. The van der Waals surface area contributed by atoms with Crippen LogP contribution in [0.15, 0.2) is 0 Å². The second kappa shape index (κ2) is 6.89. The number of hydrogen-bond donors (Lipinski definition) is 3. The number of carbonyl (C=O) groups is 2. The molecule has 2 unspecified atom stereocenters. The molecule has 1 rings (SSSR count). The van der Waals surface area contributed by atoms with E-state index in [1.807, 2.05) is 20.8 Å². The Kier molecular flexibility index (Phi) is 5.79. The number of amides is 2. The van der Waals surface area contributed by atoms with Crippen molar-refractivity contribution < 1.29 is 9.59 Å². The minimum Gasteiger partial charge on any atom is -0.355 e. The Morgan fingerprint density at radius 1 is 1.37 bits per heavy atom. The summed E-state index contributed by atoms with van der Waals surface area (Å²) in [5.74, 6) is -0.175. The molecule has 1 saturated carbocycles. The molecular formula is C14H27N3O2. The lowest BCUT2D eigenvalue weighted by Crippen LogP contribution is -2.53. The van der Waals surface area contributed by atoms with E-state index in [1.54, 1.807) is 0 Å². The predicted molar refractivity (Wildman–Crippen MR) is 75.5 cm³/mol. The van der Waals surface area contributed by atoms with Crippen molar-refractivity contribution in [2.45, 2.75) is 64.5 Å². The van der Waals surface area contributed by atoms with Crippen molar-refractivity contribution in [3.05, 3.63) is 0 Å². The first kappa shape index (κ1) is 16.0. The molecule has 0 aliphatic heterocycles. The van der Waals surface area contributed by atoms with E-state index < -0.39 is 5.54 Å². The molecule has 110 valence electrons. The third-order valence-electron chi connectivity index (χ3n) is 3.67. The average Bonchev–Trinajstić information content (AvgIpc) is 2.26. The van der Waals surface area contributed by atoms with E-state index in [2.05, 4.69) is 10.6 Å². The first-order chi connectivity index (χ1) is 8.83. The molecule has 19 heavy (non-hydrogen) atoms. The van der Waals surface area contributed by atoms with Crippen LogP contribution in [0.4, 0.5) is 0 Å². The molecule has 0 radical (unpaired) electrons. The van der Waals surface area contributed by atoms with E-state index in [9.17, 15) is 9.59 Å². The summed E-state index contributed by atoms with van der Waals surface area (Å²) >= 11 is 0. The normalized spacial score (nSPS) is 27.1. The first-order valence-corrected chi connectivity index (χ1v) is 7.19. The largest absolute Gasteiger partial charge is 0.355 e. The van der Waals surface area contributed by atoms with Crippen LogP contribution < -0.4 is 16.4 Å². The van der Waals surface area contributed by atoms with Crippen LogP contribution in [-0.4, -0.2) is 29.9 Å². The van der Waals surface area contributed by atoms with Gasteiger partial charge in [-0.25, -0.2) is 0 Å². The van der Waals surface area contributed by atoms with Crippen LogP contribution in [0.25, 0.3) is 0 Å². The number of nitrogens with two attached hydrogens (primary N) is 1. The molecule has 5 nitrogen and oxygen atoms in total. The van der Waals surface area contributed by atoms with E-state index >= 15 is 0 Å². The molecule has 0 heterocycles. The van der Waals surface area contributed by atoms with Gasteiger partial charge in [0.05, 0.1) is 5.92 Å². The van der Waals surface area contributed by atoms with Crippen LogP contribution in [-0.2, 0) is 9.59 Å². The molecule has 1 aliphatic carbocycles. The molecule has 0 aromatic heterocycles. The van der Waals surface area contributed by atoms with Gasteiger partial charge in [0.2, 0.25) is 11.8 Å². The van der Waals surface area contributed by atoms with Crippen LogP contribution in [0.1, 0.15) is 52.9 Å². The summed E-state index contributed by atoms with van der Waals surface area (Å²) in [5, 5.41) is 5.63. The molecule has 0 bridgehead atoms. The minimum atomic E-state index is -0.414. The summed E-state index contributed by atoms with van der Waals surface area (Å²) in [6.45, 7) is 6.16. The van der Waals surface area contributed by atoms with Crippen molar-refractivity contribution in [2.75, 3.05) is 6.54 Å². The lowest BCUT2D eigenvalue weighted by atomic mass is 9.74. The SMILES string of the molecule is CC(C)NC(=O)CCNC(=O)C1CCCCC1(C)N. The van der Waals surface area contributed by atoms with E-state index in [0.29, 0.717) is 13.0 Å². The highest BCUT2D eigenvalue weighted by Gasteiger charge is 2.37. The van der Waals surface area contributed by atoms with Gasteiger partial charge in [0, 0.05) is 24.5 Å². The van der Waals surface area contributed by atoms with E-state index in [4.69, 9.17) is 5.73 Å². The Morgan fingerprint density at radius 2 is 2.05 bits per heavy atom. The van der Waals surface area contributed by atoms with Crippen LogP contribution in [0.2, 0.25) is 0 Å². The smallest absolute Gasteiger partial charge is 0.224 e. The summed E-state index contributed by atoms with van der Waals surface area (Å²) in [6, 6.07) is 0.133. The van der Waals surface area contributed by atoms with Crippen molar-refractivity contribution in [1.29, 1.82) is 0 Å². The highest BCUT2D eigenvalue weighted by atomic mass is 16.2. The number of hydrogen-bond acceptors (Lipinski definition) is 3. The fraction of sp³-hybridized carbons (Fsp3) is 0.857. The summed E-state index contributed by atoms with van der Waals surface area (Å²) in [6.07, 6.45) is 4.19. The topological polar surface area (TPSA) is 84.2 Å². The van der Waals surface area contributed by atoms with Crippen molar-refractivity contribution in [1.82, 2.24) is 10.6 Å². The quantitative estimate of drug-likeness (QED) is 0.694. The van der Waals surface area contributed by atoms with Crippen molar-refractivity contribution in [2.24, 2.45) is 11.7 Å². The van der Waals surface area contributed by atoms with Gasteiger partial charge >= 0.3 is 0 Å². The van der Waals surface area contributed by atoms with Crippen LogP contribution in [0.5, 0.6) is 0 Å². The molecule has 2 atom stereocenters. The fourth-order valence-corrected chi connectivity index (χ4v) is 2.61. The van der Waals surface area contributed by atoms with Gasteiger partial charge in [-0.2, -0.15) is 0 Å². The highest BCUT2D eigenvalue weighted by Crippen LogP contribution is 2.31. The van der Waals surface area contributed by atoms with E-state index in [1.165, 1.54) is 0 Å². The fourth-order valence-electron chi connectivity index (χ4n) is 2.61. The van der Waals surface area contributed by atoms with Crippen molar-refractivity contribution >= 4 is 11.8 Å². The summed E-state index contributed by atoms with van der Waals surface area (Å²) in [7, 11) is 0. The van der Waals surface area contributed by atoms with E-state index in [0.717, 1.165) is 25.7 Å². The molecule has 0 saturated heterocycles. The van der Waals surface area contributed by atoms with Gasteiger partial charge in [0.25, 0.3) is 0 Å². The zero-order valence-electron chi connectivity index (χ0n) is 12.3. The first-order valence-electron chi connectivity index (χ1n) is 7.19. The standard InChI is InChI=1S/C14H27N3O2/c1-10(2)17-12(18)7-9-16-13(19)11-6-4-5-8-14(11,3)15/h10-11H,4-9,15H2,1-3H3,(H,16,19)(H,17,18). The summed E-state index contributed by atoms with van der Waals surface area (Å²) in [5.41, 5.74) is 5.77. The Morgan fingerprint density at radius 3 is 2.63 bits per heavy atom. The van der Waals surface area contributed by atoms with Gasteiger partial charge in [-0.05, 0) is 33.6 Å². The van der Waals surface area contributed by atoms with E-state index in [-0.39, 0.29) is 23.8 Å². The average molecular weight is 269 g/mol. The molecule has 2 amide bonds. The number of nitrogens with one attached hydrogen (secondary N) is 2. The van der Waals surface area contributed by atoms with Crippen molar-refractivity contribution in [3.8, 4) is 0 Å². The van der Waals surface area contributed by atoms with Gasteiger partial charge in [0.15, 0.2) is 0 Å². The molecule has 1 fully saturated rings. The Labute approximate surface area is 115 Å². The van der Waals surface area contributed by atoms with Gasteiger partial charge in [-0.1, -0.05) is 12.8 Å². The molecule has 0 aromatic rings. The Bertz CT molecular complexity index is 327. The number of rotatable bonds is 5. The molecule has 4 N–H and O–H groups in total. The Hall–Kier alpha value is -1.10. The molecule has 5 heteroatoms. The molecular weight excluding hydrogens is 242 g/mol. The second-order valence-corrected chi connectivity index (χ2v) is 6.07. The van der Waals surface area contributed by atoms with Gasteiger partial charge in [-0.3, -0.25) is 9.59 Å². The highest BCUT2D eigenvalue weighted by molar-refractivity contribution is 5.81. The summed E-state index contributed by atoms with van der Waals surface area (Å²) < 4.78 is 0. The minimum absolute atomic E-state index is 0.0120. The molecule has 0 spiro atoms. The zero-order valence-corrected chi connectivity index (χ0v) is 12.3. The maximum Gasteiger partial charge on any atom is 0.224 e. The second-order valence-electron chi connectivity index (χ2n) is 6.07. The Balaban J connectivity index is 2.33. The lowest BCUT2D eigenvalue weighted by Gasteiger charge is -2.37. The van der Waals surface area contributed by atoms with Gasteiger partial charge < -0.3 is 16.4 Å². The van der Waals surface area contributed by atoms with Crippen LogP contribution in [0.3, 0.4) is 0 Å². The van der Waals surface area contributed by atoms with Gasteiger partial charge in [0.1, 0.15) is 0 Å². The van der Waals surface area contributed by atoms with Crippen LogP contribution in [0, 0.1) is 5.92 Å². The maximum absolute atomic E-state index is 12.1. The number of carbonyl (C=O) groups excluding carboxylic acids is 2. The summed E-state index contributed by atoms with van der Waals surface area (Å²) in [4.78, 5) is 23.5. The van der Waals surface area contributed by atoms with Gasteiger partial charge in [-0.15, -0.1) is 0 Å². The molecule has 1 aliphatic rings. The predicted octanol–water partition coefficient (Wildman–Crippen LogP) is 0.925. The monoisotopic (exact) mass is 269 g/mol. The molecule has 0 aromatic carbocycles. The maximum atomic E-state index is 12.1. The third-order valence-corrected chi connectivity index (χ3v) is 3.67. The lowest BCUT2D eigenvalue weighted by molar-refractivity contribution is -0.128.